The van der Waals surface area contributed by atoms with Crippen molar-refractivity contribution in [2.75, 3.05) is 17.3 Å². The molecule has 1 aromatic heterocycles. The van der Waals surface area contributed by atoms with Gasteiger partial charge in [0.25, 0.3) is 5.91 Å². The lowest BCUT2D eigenvalue weighted by Crippen LogP contribution is -2.34. The number of benzene rings is 1. The molecule has 1 atom stereocenters. The van der Waals surface area contributed by atoms with E-state index in [2.05, 4.69) is 10.3 Å². The fourth-order valence-electron chi connectivity index (χ4n) is 2.49. The van der Waals surface area contributed by atoms with Crippen molar-refractivity contribution in [1.82, 2.24) is 4.98 Å². The molecule has 3 rings (SSSR count). The minimum absolute atomic E-state index is 0.00386. The fraction of sp³-hybridized carbons (Fsp3) is 0.250. The lowest BCUT2D eigenvalue weighted by atomic mass is 10.2. The van der Waals surface area contributed by atoms with Crippen LogP contribution in [-0.2, 0) is 20.8 Å². The third kappa shape index (κ3) is 3.61. The second-order valence-corrected chi connectivity index (χ2v) is 6.23. The Hall–Kier alpha value is -2.94. The average molecular weight is 361 g/mol. The van der Waals surface area contributed by atoms with Crippen molar-refractivity contribution in [3.05, 3.63) is 35.3 Å². The fourth-order valence-corrected chi connectivity index (χ4v) is 3.34. The summed E-state index contributed by atoms with van der Waals surface area (Å²) in [4.78, 5) is 40.6. The quantitative estimate of drug-likeness (QED) is 0.751. The SMILES string of the molecule is COc1cccc(NC2CC(=O)N(c3nc(CC(=O)O)cs3)C2=O)c1. The molecule has 8 nitrogen and oxygen atoms in total. The Balaban J connectivity index is 1.75. The molecule has 1 unspecified atom stereocenters. The average Bonchev–Trinajstić information content (AvgIpc) is 3.11. The number of rotatable bonds is 6. The normalized spacial score (nSPS) is 17.0. The van der Waals surface area contributed by atoms with Gasteiger partial charge in [-0.1, -0.05) is 6.07 Å². The Morgan fingerprint density at radius 2 is 2.28 bits per heavy atom. The number of carboxylic acids is 1. The summed E-state index contributed by atoms with van der Waals surface area (Å²) in [6.07, 6.45) is -0.248. The van der Waals surface area contributed by atoms with Gasteiger partial charge in [0, 0.05) is 17.1 Å². The number of amides is 2. The van der Waals surface area contributed by atoms with Crippen LogP contribution in [0.3, 0.4) is 0 Å². The van der Waals surface area contributed by atoms with E-state index in [1.807, 2.05) is 0 Å². The molecule has 0 spiro atoms. The number of ether oxygens (including phenoxy) is 1. The molecular weight excluding hydrogens is 346 g/mol. The summed E-state index contributed by atoms with van der Waals surface area (Å²) >= 11 is 1.07. The third-order valence-electron chi connectivity index (χ3n) is 3.62. The number of anilines is 2. The zero-order valence-electron chi connectivity index (χ0n) is 13.3. The topological polar surface area (TPSA) is 109 Å². The molecule has 9 heteroatoms. The van der Waals surface area contributed by atoms with Gasteiger partial charge in [0.05, 0.1) is 25.6 Å². The van der Waals surface area contributed by atoms with Crippen LogP contribution >= 0.6 is 11.3 Å². The minimum Gasteiger partial charge on any atom is -0.497 e. The molecule has 0 radical (unpaired) electrons. The first-order chi connectivity index (χ1) is 12.0. The number of hydrogen-bond donors (Lipinski definition) is 2. The number of nitrogens with zero attached hydrogens (tertiary/aromatic N) is 2. The second kappa shape index (κ2) is 6.89. The van der Waals surface area contributed by atoms with Crippen molar-refractivity contribution in [3.63, 3.8) is 0 Å². The van der Waals surface area contributed by atoms with E-state index in [4.69, 9.17) is 9.84 Å². The first-order valence-corrected chi connectivity index (χ1v) is 8.29. The van der Waals surface area contributed by atoms with Crippen LogP contribution in [0.4, 0.5) is 10.8 Å². The van der Waals surface area contributed by atoms with Gasteiger partial charge >= 0.3 is 5.97 Å². The largest absolute Gasteiger partial charge is 0.497 e. The van der Waals surface area contributed by atoms with Crippen molar-refractivity contribution >= 4 is 39.9 Å². The number of hydrogen-bond acceptors (Lipinski definition) is 7. The zero-order valence-corrected chi connectivity index (χ0v) is 14.1. The first kappa shape index (κ1) is 16.9. The van der Waals surface area contributed by atoms with E-state index in [-0.39, 0.29) is 23.9 Å². The molecule has 1 saturated heterocycles. The van der Waals surface area contributed by atoms with Gasteiger partial charge < -0.3 is 15.2 Å². The Morgan fingerprint density at radius 1 is 1.48 bits per heavy atom. The number of carboxylic acid groups (broad SMARTS) is 1. The van der Waals surface area contributed by atoms with Gasteiger partial charge in [-0.05, 0) is 12.1 Å². The molecule has 1 aliphatic heterocycles. The standard InChI is InChI=1S/C16H15N3O5S/c1-24-11-4-2-3-9(5-11)17-12-7-13(20)19(15(12)23)16-18-10(8-25-16)6-14(21)22/h2-5,8,12,17H,6-7H2,1H3,(H,21,22). The van der Waals surface area contributed by atoms with Crippen LogP contribution < -0.4 is 15.0 Å². The van der Waals surface area contributed by atoms with E-state index in [0.717, 1.165) is 16.2 Å². The molecule has 2 aromatic rings. The van der Waals surface area contributed by atoms with Gasteiger partial charge in [0.2, 0.25) is 5.91 Å². The first-order valence-electron chi connectivity index (χ1n) is 7.41. The number of aliphatic carboxylic acids is 1. The van der Waals surface area contributed by atoms with Gasteiger partial charge in [0.15, 0.2) is 5.13 Å². The maximum atomic E-state index is 12.6. The monoisotopic (exact) mass is 361 g/mol. The Labute approximate surface area is 147 Å². The molecule has 130 valence electrons. The summed E-state index contributed by atoms with van der Waals surface area (Å²) in [7, 11) is 1.54. The number of aromatic nitrogens is 1. The smallest absolute Gasteiger partial charge is 0.309 e. The summed E-state index contributed by atoms with van der Waals surface area (Å²) in [6.45, 7) is 0. The van der Waals surface area contributed by atoms with E-state index >= 15 is 0 Å². The van der Waals surface area contributed by atoms with Gasteiger partial charge in [0.1, 0.15) is 11.8 Å². The predicted molar refractivity (Wildman–Crippen MR) is 91.0 cm³/mol. The summed E-state index contributed by atoms with van der Waals surface area (Å²) < 4.78 is 5.13. The lowest BCUT2D eigenvalue weighted by Gasteiger charge is -2.14. The maximum absolute atomic E-state index is 12.6. The van der Waals surface area contributed by atoms with E-state index in [9.17, 15) is 14.4 Å². The van der Waals surface area contributed by atoms with Crippen LogP contribution in [0.2, 0.25) is 0 Å². The molecule has 2 amide bonds. The highest BCUT2D eigenvalue weighted by Gasteiger charge is 2.41. The summed E-state index contributed by atoms with van der Waals surface area (Å²) in [5.74, 6) is -1.17. The number of methoxy groups -OCH3 is 1. The van der Waals surface area contributed by atoms with Crippen LogP contribution in [0.15, 0.2) is 29.6 Å². The number of carbonyl (C=O) groups excluding carboxylic acids is 2. The van der Waals surface area contributed by atoms with E-state index < -0.39 is 17.9 Å². The molecular formula is C16H15N3O5S. The summed E-state index contributed by atoms with van der Waals surface area (Å²) in [5, 5.41) is 13.5. The molecule has 0 bridgehead atoms. The highest BCUT2D eigenvalue weighted by Crippen LogP contribution is 2.28. The molecule has 1 aromatic carbocycles. The summed E-state index contributed by atoms with van der Waals surface area (Å²) in [5.41, 5.74) is 0.982. The predicted octanol–water partition coefficient (Wildman–Crippen LogP) is 1.52. The van der Waals surface area contributed by atoms with Crippen LogP contribution in [0, 0.1) is 0 Å². The second-order valence-electron chi connectivity index (χ2n) is 5.39. The number of carbonyl (C=O) groups is 3. The molecule has 1 fully saturated rings. The van der Waals surface area contributed by atoms with E-state index in [1.165, 1.54) is 5.38 Å². The third-order valence-corrected chi connectivity index (χ3v) is 4.50. The van der Waals surface area contributed by atoms with Gasteiger partial charge in [-0.2, -0.15) is 0 Å². The summed E-state index contributed by atoms with van der Waals surface area (Å²) in [6, 6.07) is 6.36. The number of thiazole rings is 1. The van der Waals surface area contributed by atoms with Crippen LogP contribution in [0.1, 0.15) is 12.1 Å². The van der Waals surface area contributed by atoms with Crippen molar-refractivity contribution < 1.29 is 24.2 Å². The van der Waals surface area contributed by atoms with Gasteiger partial charge in [-0.25, -0.2) is 9.88 Å². The van der Waals surface area contributed by atoms with Crippen molar-refractivity contribution in [2.24, 2.45) is 0 Å². The van der Waals surface area contributed by atoms with Crippen molar-refractivity contribution in [2.45, 2.75) is 18.9 Å². The number of imide groups is 1. The minimum atomic E-state index is -1.02. The number of nitrogens with one attached hydrogen (secondary N) is 1. The Bertz CT molecular complexity index is 835. The maximum Gasteiger partial charge on any atom is 0.309 e. The lowest BCUT2D eigenvalue weighted by molar-refractivity contribution is -0.136. The molecule has 1 aliphatic rings. The highest BCUT2D eigenvalue weighted by molar-refractivity contribution is 7.14. The molecule has 2 heterocycles. The highest BCUT2D eigenvalue weighted by atomic mass is 32.1. The molecule has 0 saturated carbocycles. The Kier molecular flexibility index (Phi) is 4.66. The van der Waals surface area contributed by atoms with E-state index in [1.54, 1.807) is 31.4 Å². The van der Waals surface area contributed by atoms with Crippen molar-refractivity contribution in [1.29, 1.82) is 0 Å². The van der Waals surface area contributed by atoms with Crippen LogP contribution in [-0.4, -0.2) is 41.0 Å². The van der Waals surface area contributed by atoms with Crippen molar-refractivity contribution in [3.8, 4) is 5.75 Å². The van der Waals surface area contributed by atoms with Gasteiger partial charge in [-0.3, -0.25) is 14.4 Å². The van der Waals surface area contributed by atoms with Crippen LogP contribution in [0.25, 0.3) is 0 Å². The zero-order chi connectivity index (χ0) is 18.0. The molecule has 25 heavy (non-hydrogen) atoms. The molecule has 2 N–H and O–H groups in total. The van der Waals surface area contributed by atoms with E-state index in [0.29, 0.717) is 17.1 Å². The molecule has 0 aliphatic carbocycles. The van der Waals surface area contributed by atoms with Gasteiger partial charge in [-0.15, -0.1) is 11.3 Å². The Morgan fingerprint density at radius 3 is 3.00 bits per heavy atom. The van der Waals surface area contributed by atoms with Crippen LogP contribution in [0.5, 0.6) is 5.75 Å².